The van der Waals surface area contributed by atoms with Crippen LogP contribution in [0.4, 0.5) is 13.2 Å². The van der Waals surface area contributed by atoms with E-state index in [1.807, 2.05) is 30.3 Å². The van der Waals surface area contributed by atoms with Gasteiger partial charge in [-0.25, -0.2) is 9.67 Å². The molecule has 2 aromatic carbocycles. The molecule has 0 radical (unpaired) electrons. The molecular weight excluding hydrogens is 666 g/mol. The first-order valence-corrected chi connectivity index (χ1v) is 13.6. The van der Waals surface area contributed by atoms with Crippen LogP contribution in [0.1, 0.15) is 40.6 Å². The molecule has 1 aliphatic rings. The molecule has 40 heavy (non-hydrogen) atoms. The zero-order valence-electron chi connectivity index (χ0n) is 20.9. The van der Waals surface area contributed by atoms with Crippen molar-refractivity contribution in [1.82, 2.24) is 24.5 Å². The first kappa shape index (κ1) is 29.0. The van der Waals surface area contributed by atoms with Crippen LogP contribution in [0.5, 0.6) is 0 Å². The summed E-state index contributed by atoms with van der Waals surface area (Å²) in [6.45, 7) is 0.850. The summed E-state index contributed by atoms with van der Waals surface area (Å²) in [7, 11) is 0. The van der Waals surface area contributed by atoms with Crippen molar-refractivity contribution in [2.45, 2.75) is 50.0 Å². The highest BCUT2D eigenvalue weighted by molar-refractivity contribution is 14.1. The van der Waals surface area contributed by atoms with Crippen molar-refractivity contribution in [3.8, 4) is 5.69 Å². The van der Waals surface area contributed by atoms with Gasteiger partial charge in [-0.15, -0.1) is 0 Å². The lowest BCUT2D eigenvalue weighted by atomic mass is 9.92. The summed E-state index contributed by atoms with van der Waals surface area (Å²) in [6.07, 6.45) is -8.11. The minimum atomic E-state index is -4.74. The maximum absolute atomic E-state index is 13.9. The summed E-state index contributed by atoms with van der Waals surface area (Å²) in [5.74, 6) is -0.0413. The van der Waals surface area contributed by atoms with E-state index in [1.165, 1.54) is 11.6 Å². The van der Waals surface area contributed by atoms with Crippen molar-refractivity contribution in [3.63, 3.8) is 0 Å². The summed E-state index contributed by atoms with van der Waals surface area (Å²) < 4.78 is 50.7. The van der Waals surface area contributed by atoms with Gasteiger partial charge in [-0.1, -0.05) is 41.9 Å². The number of aryl methyl sites for hydroxylation is 1. The molecule has 1 aliphatic heterocycles. The quantitative estimate of drug-likeness (QED) is 0.262. The van der Waals surface area contributed by atoms with Gasteiger partial charge in [0.2, 0.25) is 0 Å². The van der Waals surface area contributed by atoms with Crippen LogP contribution in [-0.4, -0.2) is 64.8 Å². The Kier molecular flexibility index (Phi) is 8.23. The van der Waals surface area contributed by atoms with Gasteiger partial charge in [-0.05, 0) is 53.3 Å². The van der Waals surface area contributed by atoms with Gasteiger partial charge >= 0.3 is 6.18 Å². The number of aromatic nitrogens is 5. The molecule has 0 saturated carbocycles. The molecule has 4 aromatic rings. The molecule has 0 aliphatic carbocycles. The van der Waals surface area contributed by atoms with Crippen molar-refractivity contribution in [2.24, 2.45) is 0 Å². The summed E-state index contributed by atoms with van der Waals surface area (Å²) in [5.41, 5.74) is 0.280. The van der Waals surface area contributed by atoms with E-state index in [1.54, 1.807) is 6.20 Å². The van der Waals surface area contributed by atoms with E-state index in [4.69, 9.17) is 16.3 Å². The Morgan fingerprint density at radius 2 is 1.80 bits per heavy atom. The highest BCUT2D eigenvalue weighted by Gasteiger charge is 2.48. The van der Waals surface area contributed by atoms with E-state index < -0.39 is 54.5 Å². The Morgan fingerprint density at radius 1 is 1.07 bits per heavy atom. The Bertz CT molecular complexity index is 1500. The monoisotopic (exact) mass is 689 g/mol. The summed E-state index contributed by atoms with van der Waals surface area (Å²) in [4.78, 5) is 4.28. The molecule has 5 rings (SSSR count). The number of hydrogen-bond acceptors (Lipinski definition) is 7. The first-order valence-electron chi connectivity index (χ1n) is 12.2. The van der Waals surface area contributed by atoms with Crippen molar-refractivity contribution in [3.05, 3.63) is 91.8 Å². The Balaban J connectivity index is 1.56. The van der Waals surface area contributed by atoms with E-state index >= 15 is 0 Å². The van der Waals surface area contributed by atoms with Crippen molar-refractivity contribution < 1.29 is 33.2 Å². The van der Waals surface area contributed by atoms with Crippen molar-refractivity contribution >= 4 is 34.2 Å². The van der Waals surface area contributed by atoms with E-state index in [-0.39, 0.29) is 16.7 Å². The predicted octanol–water partition coefficient (Wildman–Crippen LogP) is 4.04. The summed E-state index contributed by atoms with van der Waals surface area (Å²) in [5, 5.41) is 41.4. The van der Waals surface area contributed by atoms with E-state index in [2.05, 4.69) is 37.8 Å². The smallest absolute Gasteiger partial charge is 0.394 e. The first-order chi connectivity index (χ1) is 19.0. The summed E-state index contributed by atoms with van der Waals surface area (Å²) in [6, 6.07) is 11.5. The summed E-state index contributed by atoms with van der Waals surface area (Å²) >= 11 is 8.15. The number of rotatable bonds is 6. The number of ether oxygens (including phenoxy) is 1. The number of aliphatic hydroxyl groups excluding tert-OH is 3. The lowest BCUT2D eigenvalue weighted by molar-refractivity contribution is -0.210. The lowest BCUT2D eigenvalue weighted by Crippen LogP contribution is -2.53. The molecule has 1 saturated heterocycles. The number of nitrogens with zero attached hydrogens (tertiary/aromatic N) is 5. The predicted molar refractivity (Wildman–Crippen MR) is 146 cm³/mol. The second-order valence-corrected chi connectivity index (χ2v) is 11.0. The molecule has 9 nitrogen and oxygen atoms in total. The third-order valence-corrected chi connectivity index (χ3v) is 7.79. The molecule has 1 fully saturated rings. The van der Waals surface area contributed by atoms with Crippen LogP contribution in [0.15, 0.2) is 54.7 Å². The zero-order valence-corrected chi connectivity index (χ0v) is 23.8. The molecular formula is C26H24ClF3IN5O4. The lowest BCUT2D eigenvalue weighted by Gasteiger charge is -2.42. The number of benzene rings is 2. The van der Waals surface area contributed by atoms with Gasteiger partial charge in [0.1, 0.15) is 36.3 Å². The Morgan fingerprint density at radius 3 is 2.48 bits per heavy atom. The fourth-order valence-electron chi connectivity index (χ4n) is 4.81. The average molecular weight is 690 g/mol. The van der Waals surface area contributed by atoms with Crippen LogP contribution in [0.3, 0.4) is 0 Å². The third-order valence-electron chi connectivity index (χ3n) is 6.66. The highest BCUT2D eigenvalue weighted by atomic mass is 127. The molecule has 0 spiro atoms. The third kappa shape index (κ3) is 5.63. The largest absolute Gasteiger partial charge is 0.418 e. The molecule has 2 aromatic heterocycles. The van der Waals surface area contributed by atoms with Crippen LogP contribution < -0.4 is 0 Å². The van der Waals surface area contributed by atoms with E-state index in [0.29, 0.717) is 12.1 Å². The molecule has 14 heteroatoms. The molecule has 212 valence electrons. The number of aliphatic hydroxyl groups is 3. The topological polar surface area (TPSA) is 118 Å². The zero-order chi connectivity index (χ0) is 28.8. The standard InChI is InChI=1S/C26H24ClF3IN5O4/c1-13-32-25(36(33-13)19-10-15(27)7-8-16(19)26(28,29)30)24-23(39)21(22(38)20(12-37)40-24)35-11-17(31)18(34-35)9-14-5-3-2-4-6-14/h2-8,10-11,20-24,37-39H,9,12H2,1H3/t20-,21+,22+,23-,24-/m1/s1. The van der Waals surface area contributed by atoms with Crippen molar-refractivity contribution in [2.75, 3.05) is 6.61 Å². The number of halogens is 5. The van der Waals surface area contributed by atoms with Crippen molar-refractivity contribution in [1.29, 1.82) is 0 Å². The molecule has 0 amide bonds. The van der Waals surface area contributed by atoms with Crippen LogP contribution in [0.2, 0.25) is 5.02 Å². The van der Waals surface area contributed by atoms with E-state index in [0.717, 1.165) is 32.0 Å². The molecule has 3 heterocycles. The SMILES string of the molecule is Cc1nc([C@@H]2O[C@H](CO)[C@H](O)[C@H](n3cc(I)c(Cc4ccccc4)n3)[C@H]2O)n(-c2cc(Cl)ccc2C(F)(F)F)n1. The van der Waals surface area contributed by atoms with Gasteiger partial charge in [-0.3, -0.25) is 4.68 Å². The number of hydrogen-bond donors (Lipinski definition) is 3. The van der Waals surface area contributed by atoms with Gasteiger partial charge in [0.05, 0.1) is 27.1 Å². The van der Waals surface area contributed by atoms with Gasteiger partial charge in [0.25, 0.3) is 0 Å². The van der Waals surface area contributed by atoms with Crippen LogP contribution in [0.25, 0.3) is 5.69 Å². The molecule has 5 atom stereocenters. The average Bonchev–Trinajstić information content (AvgIpc) is 3.46. The molecule has 3 N–H and O–H groups in total. The fourth-order valence-corrected chi connectivity index (χ4v) is 5.56. The normalized spacial score (nSPS) is 23.5. The maximum Gasteiger partial charge on any atom is 0.418 e. The van der Waals surface area contributed by atoms with Gasteiger partial charge in [0, 0.05) is 17.6 Å². The molecule has 0 bridgehead atoms. The fraction of sp³-hybridized carbons (Fsp3) is 0.346. The van der Waals surface area contributed by atoms with Crippen LogP contribution in [-0.2, 0) is 17.3 Å². The molecule has 0 unspecified atom stereocenters. The van der Waals surface area contributed by atoms with Gasteiger partial charge < -0.3 is 20.1 Å². The van der Waals surface area contributed by atoms with Gasteiger partial charge in [-0.2, -0.15) is 23.4 Å². The van der Waals surface area contributed by atoms with Gasteiger partial charge in [0.15, 0.2) is 5.82 Å². The minimum Gasteiger partial charge on any atom is -0.394 e. The number of alkyl halides is 3. The maximum atomic E-state index is 13.9. The Labute approximate surface area is 245 Å². The highest BCUT2D eigenvalue weighted by Crippen LogP contribution is 2.41. The second-order valence-electron chi connectivity index (χ2n) is 9.40. The van der Waals surface area contributed by atoms with Crippen LogP contribution >= 0.6 is 34.2 Å². The van der Waals surface area contributed by atoms with E-state index in [9.17, 15) is 28.5 Å². The second kappa shape index (κ2) is 11.4. The van der Waals surface area contributed by atoms with Crippen LogP contribution in [0, 0.1) is 10.5 Å². The Hall–Kier alpha value is -2.56. The minimum absolute atomic E-state index is 0.0332.